The maximum absolute atomic E-state index is 15.3. The Bertz CT molecular complexity index is 1050. The number of halogens is 5. The topological polar surface area (TPSA) is 9.23 Å². The van der Waals surface area contributed by atoms with Crippen LogP contribution < -0.4 is 4.74 Å². The number of benzene rings is 2. The second-order valence-corrected chi connectivity index (χ2v) is 10.4. The van der Waals surface area contributed by atoms with Crippen molar-refractivity contribution in [2.75, 3.05) is 0 Å². The first-order chi connectivity index (χ1) is 17.2. The van der Waals surface area contributed by atoms with Crippen LogP contribution in [-0.2, 0) is 12.8 Å². The van der Waals surface area contributed by atoms with Crippen LogP contribution >= 0.6 is 0 Å². The van der Waals surface area contributed by atoms with Gasteiger partial charge in [-0.1, -0.05) is 82.1 Å². The largest absolute Gasteiger partial charge is 0.573 e. The molecule has 0 radical (unpaired) electrons. The first kappa shape index (κ1) is 26.7. The molecule has 0 spiro atoms. The molecule has 0 heterocycles. The first-order valence-corrected chi connectivity index (χ1v) is 13.3. The molecule has 36 heavy (non-hydrogen) atoms. The predicted molar refractivity (Wildman–Crippen MR) is 133 cm³/mol. The van der Waals surface area contributed by atoms with E-state index in [0.29, 0.717) is 24.0 Å². The third kappa shape index (κ3) is 6.89. The summed E-state index contributed by atoms with van der Waals surface area (Å²) < 4.78 is 71.4. The van der Waals surface area contributed by atoms with E-state index in [1.165, 1.54) is 75.1 Å². The zero-order chi connectivity index (χ0) is 25.7. The van der Waals surface area contributed by atoms with Crippen molar-refractivity contribution in [1.82, 2.24) is 0 Å². The molecule has 1 fully saturated rings. The number of fused-ring (bicyclic) bond motifs is 1. The van der Waals surface area contributed by atoms with Gasteiger partial charge in [-0.2, -0.15) is 0 Å². The Labute approximate surface area is 210 Å². The molecule has 0 saturated heterocycles. The normalized spacial score (nSPS) is 20.1. The maximum Gasteiger partial charge on any atom is 0.573 e. The van der Waals surface area contributed by atoms with Crippen molar-refractivity contribution >= 4 is 0 Å². The second kappa shape index (κ2) is 11.8. The Morgan fingerprint density at radius 2 is 1.58 bits per heavy atom. The molecule has 2 aromatic rings. The van der Waals surface area contributed by atoms with Gasteiger partial charge in [0.2, 0.25) is 0 Å². The maximum atomic E-state index is 15.3. The third-order valence-corrected chi connectivity index (χ3v) is 7.86. The van der Waals surface area contributed by atoms with E-state index in [1.807, 2.05) is 0 Å². The summed E-state index contributed by atoms with van der Waals surface area (Å²) in [6, 6.07) is 6.02. The lowest BCUT2D eigenvalue weighted by Gasteiger charge is -2.29. The van der Waals surface area contributed by atoms with Crippen molar-refractivity contribution in [3.63, 3.8) is 0 Å². The molecule has 4 rings (SSSR count). The molecule has 196 valence electrons. The lowest BCUT2D eigenvalue weighted by atomic mass is 9.77. The minimum absolute atomic E-state index is 0.183. The zero-order valence-corrected chi connectivity index (χ0v) is 20.9. The number of unbranched alkanes of at least 4 members (excludes halogenated alkanes) is 2. The van der Waals surface area contributed by atoms with Crippen LogP contribution in [-0.4, -0.2) is 6.36 Å². The van der Waals surface area contributed by atoms with Crippen LogP contribution in [0.25, 0.3) is 11.1 Å². The highest BCUT2D eigenvalue weighted by Gasteiger charge is 2.31. The van der Waals surface area contributed by atoms with Crippen molar-refractivity contribution in [3.8, 4) is 16.9 Å². The Hall–Kier alpha value is -2.37. The summed E-state index contributed by atoms with van der Waals surface area (Å²) in [5.74, 6) is -0.121. The third-order valence-electron chi connectivity index (χ3n) is 7.86. The van der Waals surface area contributed by atoms with Crippen LogP contribution in [0, 0.1) is 23.5 Å². The molecular formula is C30H35F5O. The Balaban J connectivity index is 1.35. The quantitative estimate of drug-likeness (QED) is 0.187. The molecule has 1 saturated carbocycles. The summed E-state index contributed by atoms with van der Waals surface area (Å²) >= 11 is 0. The van der Waals surface area contributed by atoms with Crippen LogP contribution in [0.1, 0.15) is 82.3 Å². The summed E-state index contributed by atoms with van der Waals surface area (Å²) in [5, 5.41) is 0. The highest BCUT2D eigenvalue weighted by Crippen LogP contribution is 2.38. The fourth-order valence-corrected chi connectivity index (χ4v) is 5.81. The van der Waals surface area contributed by atoms with Gasteiger partial charge in [0.05, 0.1) is 5.56 Å². The number of allylic oxidation sites excluding steroid dienone is 2. The van der Waals surface area contributed by atoms with Gasteiger partial charge in [-0.25, -0.2) is 8.78 Å². The summed E-state index contributed by atoms with van der Waals surface area (Å²) in [7, 11) is 0. The Morgan fingerprint density at radius 1 is 0.917 bits per heavy atom. The number of hydrogen-bond donors (Lipinski definition) is 0. The lowest BCUT2D eigenvalue weighted by molar-refractivity contribution is -0.274. The molecule has 0 N–H and O–H groups in total. The highest BCUT2D eigenvalue weighted by molar-refractivity contribution is 5.68. The van der Waals surface area contributed by atoms with Gasteiger partial charge < -0.3 is 4.74 Å². The van der Waals surface area contributed by atoms with Crippen molar-refractivity contribution in [2.45, 2.75) is 90.3 Å². The van der Waals surface area contributed by atoms with Crippen LogP contribution in [0.3, 0.4) is 0 Å². The molecule has 6 heteroatoms. The average Bonchev–Trinajstić information content (AvgIpc) is 2.83. The summed E-state index contributed by atoms with van der Waals surface area (Å²) in [6.07, 6.45) is 10.9. The van der Waals surface area contributed by atoms with Crippen LogP contribution in [0.4, 0.5) is 22.0 Å². The zero-order valence-electron chi connectivity index (χ0n) is 20.9. The van der Waals surface area contributed by atoms with Gasteiger partial charge in [-0.3, -0.25) is 0 Å². The SMILES string of the molecule is CCCCCC1CCC(CCC2=CCc3c(cc(F)c(-c4ccc(OC(F)(F)F)cc4)c3F)C2)CC1. The van der Waals surface area contributed by atoms with Crippen molar-refractivity contribution < 1.29 is 26.7 Å². The second-order valence-electron chi connectivity index (χ2n) is 10.4. The smallest absolute Gasteiger partial charge is 0.406 e. The van der Waals surface area contributed by atoms with E-state index in [-0.39, 0.29) is 11.1 Å². The van der Waals surface area contributed by atoms with Gasteiger partial charge in [-0.05, 0) is 72.4 Å². The lowest BCUT2D eigenvalue weighted by Crippen LogP contribution is -2.17. The summed E-state index contributed by atoms with van der Waals surface area (Å²) in [6.45, 7) is 2.25. The van der Waals surface area contributed by atoms with Crippen LogP contribution in [0.15, 0.2) is 42.0 Å². The average molecular weight is 507 g/mol. The number of rotatable bonds is 9. The first-order valence-electron chi connectivity index (χ1n) is 13.3. The van der Waals surface area contributed by atoms with Gasteiger partial charge in [0, 0.05) is 0 Å². The molecule has 2 aromatic carbocycles. The van der Waals surface area contributed by atoms with Crippen LogP contribution in [0.2, 0.25) is 0 Å². The van der Waals surface area contributed by atoms with E-state index in [9.17, 15) is 17.6 Å². The molecule has 0 amide bonds. The van der Waals surface area contributed by atoms with E-state index in [0.717, 1.165) is 36.8 Å². The van der Waals surface area contributed by atoms with Crippen molar-refractivity contribution in [1.29, 1.82) is 0 Å². The Kier molecular flexibility index (Phi) is 8.74. The van der Waals surface area contributed by atoms with E-state index >= 15 is 4.39 Å². The minimum Gasteiger partial charge on any atom is -0.406 e. The van der Waals surface area contributed by atoms with E-state index in [1.54, 1.807) is 0 Å². The van der Waals surface area contributed by atoms with Gasteiger partial charge in [0.25, 0.3) is 0 Å². The number of ether oxygens (including phenoxy) is 1. The highest BCUT2D eigenvalue weighted by atomic mass is 19.4. The summed E-state index contributed by atoms with van der Waals surface area (Å²) in [5.41, 5.74) is 2.36. The fraction of sp³-hybridized carbons (Fsp3) is 0.533. The van der Waals surface area contributed by atoms with Crippen molar-refractivity contribution in [2.24, 2.45) is 11.8 Å². The number of alkyl halides is 3. The molecule has 1 nitrogen and oxygen atoms in total. The molecule has 0 bridgehead atoms. The predicted octanol–water partition coefficient (Wildman–Crippen LogP) is 9.72. The fourth-order valence-electron chi connectivity index (χ4n) is 5.81. The van der Waals surface area contributed by atoms with E-state index < -0.39 is 23.7 Å². The molecular weight excluding hydrogens is 471 g/mol. The van der Waals surface area contributed by atoms with Gasteiger partial charge in [0.15, 0.2) is 0 Å². The standard InChI is InChI=1S/C30H35F5O/c1-2-3-4-5-20-6-8-21(9-7-20)10-11-22-12-17-26-24(18-22)19-27(31)28(29(26)32)23-13-15-25(16-14-23)36-30(33,34)35/h12-16,19-21H,2-11,17-18H2,1H3. The van der Waals surface area contributed by atoms with Crippen LogP contribution in [0.5, 0.6) is 5.75 Å². The molecule has 2 aliphatic rings. The molecule has 0 aliphatic heterocycles. The molecule has 0 unspecified atom stereocenters. The monoisotopic (exact) mass is 506 g/mol. The van der Waals surface area contributed by atoms with Gasteiger partial charge in [0.1, 0.15) is 17.4 Å². The molecule has 0 aromatic heterocycles. The van der Waals surface area contributed by atoms with E-state index in [4.69, 9.17) is 0 Å². The number of hydrogen-bond acceptors (Lipinski definition) is 1. The van der Waals surface area contributed by atoms with E-state index in [2.05, 4.69) is 17.7 Å². The molecule has 0 atom stereocenters. The molecule has 2 aliphatic carbocycles. The Morgan fingerprint density at radius 3 is 2.22 bits per heavy atom. The summed E-state index contributed by atoms with van der Waals surface area (Å²) in [4.78, 5) is 0. The minimum atomic E-state index is -4.82. The van der Waals surface area contributed by atoms with Gasteiger partial charge in [-0.15, -0.1) is 13.2 Å². The van der Waals surface area contributed by atoms with Crippen molar-refractivity contribution in [3.05, 3.63) is 64.7 Å². The van der Waals surface area contributed by atoms with Gasteiger partial charge >= 0.3 is 6.36 Å².